The molecule has 5 heteroatoms. The summed E-state index contributed by atoms with van der Waals surface area (Å²) in [5.41, 5.74) is 1.32. The maximum Gasteiger partial charge on any atom is 0.193 e. The van der Waals surface area contributed by atoms with Crippen molar-refractivity contribution in [2.24, 2.45) is 0 Å². The van der Waals surface area contributed by atoms with Crippen molar-refractivity contribution in [2.45, 2.75) is 0 Å². The summed E-state index contributed by atoms with van der Waals surface area (Å²) in [7, 11) is 0. The van der Waals surface area contributed by atoms with Gasteiger partial charge in [-0.25, -0.2) is 9.97 Å². The summed E-state index contributed by atoms with van der Waals surface area (Å²) in [6.07, 6.45) is 2.10. The second-order valence-electron chi connectivity index (χ2n) is 3.04. The van der Waals surface area contributed by atoms with Gasteiger partial charge >= 0.3 is 0 Å². The molecule has 0 saturated carbocycles. The van der Waals surface area contributed by atoms with E-state index in [0.29, 0.717) is 22.0 Å². The molecule has 1 heterocycles. The first kappa shape index (κ1) is 11.0. The van der Waals surface area contributed by atoms with E-state index >= 15 is 0 Å². The molecule has 0 spiro atoms. The molecule has 1 aromatic carbocycles. The van der Waals surface area contributed by atoms with Crippen LogP contribution in [0.3, 0.4) is 0 Å². The normalized spacial score (nSPS) is 10.1. The largest absolute Gasteiger partial charge is 0.294 e. The van der Waals surface area contributed by atoms with Gasteiger partial charge in [-0.05, 0) is 24.3 Å². The summed E-state index contributed by atoms with van der Waals surface area (Å²) in [6, 6.07) is 6.77. The number of aldehydes is 1. The van der Waals surface area contributed by atoms with Crippen molar-refractivity contribution in [1.82, 2.24) is 9.97 Å². The molecule has 0 bridgehead atoms. The molecule has 0 aliphatic heterocycles. The lowest BCUT2D eigenvalue weighted by Gasteiger charge is -2.03. The van der Waals surface area contributed by atoms with Crippen LogP contribution in [0, 0.1) is 0 Å². The fourth-order valence-electron chi connectivity index (χ4n) is 1.28. The lowest BCUT2D eigenvalue weighted by atomic mass is 10.1. The summed E-state index contributed by atoms with van der Waals surface area (Å²) in [5.74, 6) is 0.128. The SMILES string of the molecule is O=Cc1nccc(-c2ccc(Cl)cc2Cl)n1. The van der Waals surface area contributed by atoms with Crippen LogP contribution in [-0.4, -0.2) is 16.3 Å². The van der Waals surface area contributed by atoms with Gasteiger partial charge in [0, 0.05) is 16.8 Å². The standard InChI is InChI=1S/C11H6Cl2N2O/c12-7-1-2-8(9(13)5-7)10-3-4-14-11(6-16)15-10/h1-6H. The summed E-state index contributed by atoms with van der Waals surface area (Å²) >= 11 is 11.8. The van der Waals surface area contributed by atoms with Crippen LogP contribution in [0.5, 0.6) is 0 Å². The number of carbonyl (C=O) groups excluding carboxylic acids is 1. The molecule has 1 aromatic heterocycles. The number of benzene rings is 1. The van der Waals surface area contributed by atoms with Crippen LogP contribution in [0.4, 0.5) is 0 Å². The Morgan fingerprint density at radius 3 is 2.69 bits per heavy atom. The smallest absolute Gasteiger partial charge is 0.193 e. The van der Waals surface area contributed by atoms with Gasteiger partial charge in [0.15, 0.2) is 12.1 Å². The predicted octanol–water partition coefficient (Wildman–Crippen LogP) is 3.26. The molecule has 0 saturated heterocycles. The molecule has 0 fully saturated rings. The van der Waals surface area contributed by atoms with E-state index < -0.39 is 0 Å². The molecule has 0 aliphatic rings. The quantitative estimate of drug-likeness (QED) is 0.771. The third kappa shape index (κ3) is 2.21. The highest BCUT2D eigenvalue weighted by molar-refractivity contribution is 6.36. The zero-order valence-electron chi connectivity index (χ0n) is 8.02. The molecule has 0 aliphatic carbocycles. The average molecular weight is 253 g/mol. The topological polar surface area (TPSA) is 42.9 Å². The van der Waals surface area contributed by atoms with E-state index in [9.17, 15) is 4.79 Å². The minimum Gasteiger partial charge on any atom is -0.294 e. The number of hydrogen-bond donors (Lipinski definition) is 0. The lowest BCUT2D eigenvalue weighted by Crippen LogP contribution is -1.94. The highest BCUT2D eigenvalue weighted by Crippen LogP contribution is 2.28. The third-order valence-corrected chi connectivity index (χ3v) is 2.53. The van der Waals surface area contributed by atoms with Gasteiger partial charge in [0.2, 0.25) is 0 Å². The zero-order valence-corrected chi connectivity index (χ0v) is 9.53. The Hall–Kier alpha value is -1.45. The molecule has 16 heavy (non-hydrogen) atoms. The fourth-order valence-corrected chi connectivity index (χ4v) is 1.78. The van der Waals surface area contributed by atoms with Crippen molar-refractivity contribution in [3.63, 3.8) is 0 Å². The van der Waals surface area contributed by atoms with E-state index in [4.69, 9.17) is 23.2 Å². The molecule has 0 atom stereocenters. The second kappa shape index (κ2) is 4.60. The Morgan fingerprint density at radius 2 is 2.00 bits per heavy atom. The van der Waals surface area contributed by atoms with Gasteiger partial charge < -0.3 is 0 Å². The molecule has 0 radical (unpaired) electrons. The molecule has 2 aromatic rings. The average Bonchev–Trinajstić information content (AvgIpc) is 2.29. The van der Waals surface area contributed by atoms with Crippen LogP contribution in [0.1, 0.15) is 10.6 Å². The number of nitrogens with zero attached hydrogens (tertiary/aromatic N) is 2. The van der Waals surface area contributed by atoms with Gasteiger partial charge in [-0.15, -0.1) is 0 Å². The minimum atomic E-state index is 0.128. The maximum absolute atomic E-state index is 10.5. The summed E-state index contributed by atoms with van der Waals surface area (Å²) < 4.78 is 0. The highest BCUT2D eigenvalue weighted by atomic mass is 35.5. The summed E-state index contributed by atoms with van der Waals surface area (Å²) in [5, 5.41) is 1.04. The number of rotatable bonds is 2. The fraction of sp³-hybridized carbons (Fsp3) is 0. The number of aromatic nitrogens is 2. The number of halogens is 2. The molecule has 2 rings (SSSR count). The number of hydrogen-bond acceptors (Lipinski definition) is 3. The Bertz CT molecular complexity index is 543. The Morgan fingerprint density at radius 1 is 1.19 bits per heavy atom. The van der Waals surface area contributed by atoms with Crippen molar-refractivity contribution >= 4 is 29.5 Å². The Labute approximate surface area is 102 Å². The van der Waals surface area contributed by atoms with Crippen molar-refractivity contribution < 1.29 is 4.79 Å². The first-order chi connectivity index (χ1) is 7.70. The van der Waals surface area contributed by atoms with E-state index in [1.807, 2.05) is 0 Å². The van der Waals surface area contributed by atoms with Gasteiger partial charge in [0.05, 0.1) is 10.7 Å². The number of carbonyl (C=O) groups is 1. The Kier molecular flexibility index (Phi) is 3.17. The minimum absolute atomic E-state index is 0.128. The maximum atomic E-state index is 10.5. The van der Waals surface area contributed by atoms with E-state index in [2.05, 4.69) is 9.97 Å². The monoisotopic (exact) mass is 252 g/mol. The first-order valence-electron chi connectivity index (χ1n) is 4.44. The lowest BCUT2D eigenvalue weighted by molar-refractivity contribution is 0.111. The molecule has 80 valence electrons. The van der Waals surface area contributed by atoms with Crippen LogP contribution in [-0.2, 0) is 0 Å². The van der Waals surface area contributed by atoms with Gasteiger partial charge in [-0.1, -0.05) is 23.2 Å². The van der Waals surface area contributed by atoms with Crippen molar-refractivity contribution in [3.8, 4) is 11.3 Å². The van der Waals surface area contributed by atoms with Gasteiger partial charge in [0.25, 0.3) is 0 Å². The van der Waals surface area contributed by atoms with Crippen molar-refractivity contribution in [1.29, 1.82) is 0 Å². The van der Waals surface area contributed by atoms with Crippen LogP contribution >= 0.6 is 23.2 Å². The van der Waals surface area contributed by atoms with E-state index in [0.717, 1.165) is 5.56 Å². The van der Waals surface area contributed by atoms with Gasteiger partial charge in [-0.3, -0.25) is 4.79 Å². The van der Waals surface area contributed by atoms with Gasteiger partial charge in [-0.2, -0.15) is 0 Å². The first-order valence-corrected chi connectivity index (χ1v) is 5.20. The zero-order chi connectivity index (χ0) is 11.5. The molecule has 0 amide bonds. The van der Waals surface area contributed by atoms with Crippen molar-refractivity contribution in [2.75, 3.05) is 0 Å². The van der Waals surface area contributed by atoms with Crippen LogP contribution in [0.15, 0.2) is 30.5 Å². The van der Waals surface area contributed by atoms with Crippen LogP contribution in [0.2, 0.25) is 10.0 Å². The van der Waals surface area contributed by atoms with Crippen LogP contribution < -0.4 is 0 Å². The highest BCUT2D eigenvalue weighted by Gasteiger charge is 2.06. The molecule has 0 N–H and O–H groups in total. The molecule has 0 unspecified atom stereocenters. The Balaban J connectivity index is 2.53. The molecular weight excluding hydrogens is 247 g/mol. The van der Waals surface area contributed by atoms with Crippen molar-refractivity contribution in [3.05, 3.63) is 46.3 Å². The third-order valence-electron chi connectivity index (χ3n) is 1.99. The van der Waals surface area contributed by atoms with E-state index in [-0.39, 0.29) is 5.82 Å². The van der Waals surface area contributed by atoms with E-state index in [1.54, 1.807) is 24.3 Å². The summed E-state index contributed by atoms with van der Waals surface area (Å²) in [4.78, 5) is 18.4. The molecule has 3 nitrogen and oxygen atoms in total. The van der Waals surface area contributed by atoms with Gasteiger partial charge in [0.1, 0.15) is 0 Å². The molecular formula is C11H6Cl2N2O. The predicted molar refractivity (Wildman–Crippen MR) is 62.9 cm³/mol. The van der Waals surface area contributed by atoms with E-state index in [1.165, 1.54) is 6.20 Å². The summed E-state index contributed by atoms with van der Waals surface area (Å²) in [6.45, 7) is 0. The van der Waals surface area contributed by atoms with Crippen LogP contribution in [0.25, 0.3) is 11.3 Å². The second-order valence-corrected chi connectivity index (χ2v) is 3.89.